The minimum atomic E-state index is -1.15. The van der Waals surface area contributed by atoms with Crippen LogP contribution >= 0.6 is 0 Å². The molecule has 4 atom stereocenters. The lowest BCUT2D eigenvalue weighted by Gasteiger charge is -2.35. The Kier molecular flexibility index (Phi) is 3.82. The number of aliphatic hydroxyl groups excluding tert-OH is 3. The molecule has 0 aromatic carbocycles. The molecule has 1 saturated heterocycles. The summed E-state index contributed by atoms with van der Waals surface area (Å²) in [5.41, 5.74) is 0. The van der Waals surface area contributed by atoms with E-state index in [9.17, 15) is 15.0 Å². The third-order valence-electron chi connectivity index (χ3n) is 2.23. The molecule has 1 fully saturated rings. The lowest BCUT2D eigenvalue weighted by atomic mass is 9.97. The first kappa shape index (κ1) is 11.4. The maximum atomic E-state index is 10.4. The maximum Gasteiger partial charge on any atom is 0.305 e. The van der Waals surface area contributed by atoms with Crippen LogP contribution in [0, 0.1) is 0 Å². The van der Waals surface area contributed by atoms with Crippen LogP contribution in [0.2, 0.25) is 0 Å². The molecule has 6 heteroatoms. The average Bonchev–Trinajstić information content (AvgIpc) is 2.10. The van der Waals surface area contributed by atoms with Gasteiger partial charge in [-0.3, -0.25) is 4.79 Å². The van der Waals surface area contributed by atoms with Crippen molar-refractivity contribution in [1.29, 1.82) is 0 Å². The molecule has 4 N–H and O–H groups in total. The van der Waals surface area contributed by atoms with Crippen LogP contribution < -0.4 is 0 Å². The Morgan fingerprint density at radius 1 is 1.43 bits per heavy atom. The van der Waals surface area contributed by atoms with E-state index in [0.29, 0.717) is 0 Å². The van der Waals surface area contributed by atoms with Gasteiger partial charge >= 0.3 is 5.97 Å². The fourth-order valence-electron chi connectivity index (χ4n) is 1.52. The van der Waals surface area contributed by atoms with Gasteiger partial charge in [-0.15, -0.1) is 0 Å². The number of rotatable bonds is 3. The van der Waals surface area contributed by atoms with Crippen LogP contribution in [0.25, 0.3) is 0 Å². The van der Waals surface area contributed by atoms with Crippen LogP contribution in [-0.4, -0.2) is 57.4 Å². The highest BCUT2D eigenvalue weighted by molar-refractivity contribution is 5.67. The Balaban J connectivity index is 2.53. The van der Waals surface area contributed by atoms with Crippen molar-refractivity contribution in [1.82, 2.24) is 0 Å². The maximum absolute atomic E-state index is 10.4. The first-order chi connectivity index (χ1) is 6.54. The number of aliphatic hydroxyl groups is 3. The summed E-state index contributed by atoms with van der Waals surface area (Å²) in [6.07, 6.45) is -3.90. The van der Waals surface area contributed by atoms with Crippen molar-refractivity contribution in [2.45, 2.75) is 37.3 Å². The van der Waals surface area contributed by atoms with Crippen molar-refractivity contribution in [2.24, 2.45) is 0 Å². The van der Waals surface area contributed by atoms with Gasteiger partial charge in [-0.1, -0.05) is 0 Å². The summed E-state index contributed by atoms with van der Waals surface area (Å²) in [4.78, 5) is 10.4. The van der Waals surface area contributed by atoms with Crippen LogP contribution in [0.4, 0.5) is 0 Å². The molecule has 0 aromatic rings. The fraction of sp³-hybridized carbons (Fsp3) is 0.875. The molecule has 14 heavy (non-hydrogen) atoms. The Hall–Kier alpha value is -0.690. The van der Waals surface area contributed by atoms with Gasteiger partial charge in [-0.05, 0) is 0 Å². The Morgan fingerprint density at radius 3 is 2.57 bits per heavy atom. The van der Waals surface area contributed by atoms with Crippen molar-refractivity contribution < 1.29 is 30.0 Å². The lowest BCUT2D eigenvalue weighted by molar-refractivity contribution is -0.185. The van der Waals surface area contributed by atoms with Gasteiger partial charge in [0.15, 0.2) is 0 Å². The van der Waals surface area contributed by atoms with E-state index in [0.717, 1.165) is 0 Å². The zero-order chi connectivity index (χ0) is 10.7. The van der Waals surface area contributed by atoms with Gasteiger partial charge in [-0.25, -0.2) is 0 Å². The molecule has 0 spiro atoms. The average molecular weight is 206 g/mol. The standard InChI is InChI=1S/C8H14O6/c9-3-6-8(13)5(10)1-4(14-6)2-7(11)12/h4-6,8-10,13H,1-3H2,(H,11,12)/t4?,5-,6-,8+/m1/s1. The minimum absolute atomic E-state index is 0.0734. The molecule has 82 valence electrons. The Labute approximate surface area is 80.7 Å². The summed E-state index contributed by atoms with van der Waals surface area (Å²) in [5, 5.41) is 35.9. The molecule has 0 aliphatic carbocycles. The second kappa shape index (κ2) is 4.70. The summed E-state index contributed by atoms with van der Waals surface area (Å²) >= 11 is 0. The van der Waals surface area contributed by atoms with E-state index in [2.05, 4.69) is 0 Å². The number of ether oxygens (including phenoxy) is 1. The number of hydrogen-bond donors (Lipinski definition) is 4. The van der Waals surface area contributed by atoms with E-state index < -0.39 is 37.0 Å². The normalized spacial score (nSPS) is 38.2. The van der Waals surface area contributed by atoms with Gasteiger partial charge in [0.1, 0.15) is 12.2 Å². The molecule has 6 nitrogen and oxygen atoms in total. The molecule has 1 aliphatic heterocycles. The zero-order valence-corrected chi connectivity index (χ0v) is 7.54. The third-order valence-corrected chi connectivity index (χ3v) is 2.23. The van der Waals surface area contributed by atoms with Gasteiger partial charge < -0.3 is 25.2 Å². The lowest BCUT2D eigenvalue weighted by Crippen LogP contribution is -2.50. The molecular formula is C8H14O6. The van der Waals surface area contributed by atoms with Crippen molar-refractivity contribution in [3.8, 4) is 0 Å². The smallest absolute Gasteiger partial charge is 0.305 e. The zero-order valence-electron chi connectivity index (χ0n) is 7.54. The van der Waals surface area contributed by atoms with Gasteiger partial charge in [-0.2, -0.15) is 0 Å². The highest BCUT2D eigenvalue weighted by atomic mass is 16.5. The Morgan fingerprint density at radius 2 is 2.07 bits per heavy atom. The second-order valence-corrected chi connectivity index (χ2v) is 3.37. The summed E-state index contributed by atoms with van der Waals surface area (Å²) in [6, 6.07) is 0. The second-order valence-electron chi connectivity index (χ2n) is 3.37. The highest BCUT2D eigenvalue weighted by Crippen LogP contribution is 2.22. The van der Waals surface area contributed by atoms with Crippen molar-refractivity contribution in [3.63, 3.8) is 0 Å². The quantitative estimate of drug-likeness (QED) is 0.440. The van der Waals surface area contributed by atoms with Crippen LogP contribution in [0.3, 0.4) is 0 Å². The summed E-state index contributed by atoms with van der Waals surface area (Å²) in [7, 11) is 0. The monoisotopic (exact) mass is 206 g/mol. The first-order valence-electron chi connectivity index (χ1n) is 4.38. The van der Waals surface area contributed by atoms with Crippen LogP contribution in [-0.2, 0) is 9.53 Å². The minimum Gasteiger partial charge on any atom is -0.481 e. The predicted octanol–water partition coefficient (Wildman–Crippen LogP) is -1.67. The molecule has 1 unspecified atom stereocenters. The molecular weight excluding hydrogens is 192 g/mol. The van der Waals surface area contributed by atoms with E-state index >= 15 is 0 Å². The van der Waals surface area contributed by atoms with Crippen molar-refractivity contribution >= 4 is 5.97 Å². The largest absolute Gasteiger partial charge is 0.481 e. The van der Waals surface area contributed by atoms with E-state index in [4.69, 9.17) is 14.9 Å². The summed E-state index contributed by atoms with van der Waals surface area (Å²) in [5.74, 6) is -1.03. The molecule has 1 heterocycles. The predicted molar refractivity (Wildman–Crippen MR) is 44.6 cm³/mol. The molecule has 0 amide bonds. The van der Waals surface area contributed by atoms with Gasteiger partial charge in [0.2, 0.25) is 0 Å². The number of hydrogen-bond acceptors (Lipinski definition) is 5. The van der Waals surface area contributed by atoms with E-state index in [1.54, 1.807) is 0 Å². The molecule has 0 radical (unpaired) electrons. The van der Waals surface area contributed by atoms with E-state index in [1.807, 2.05) is 0 Å². The van der Waals surface area contributed by atoms with Crippen LogP contribution in [0.15, 0.2) is 0 Å². The van der Waals surface area contributed by atoms with E-state index in [-0.39, 0.29) is 12.8 Å². The number of aliphatic carboxylic acids is 1. The Bertz CT molecular complexity index is 206. The van der Waals surface area contributed by atoms with Crippen molar-refractivity contribution in [2.75, 3.05) is 6.61 Å². The molecule has 0 bridgehead atoms. The molecule has 1 rings (SSSR count). The number of carbonyl (C=O) groups is 1. The SMILES string of the molecule is O=C(O)CC1C[C@@H](O)[C@H](O)[C@@H](CO)O1. The van der Waals surface area contributed by atoms with Crippen LogP contribution in [0.1, 0.15) is 12.8 Å². The summed E-state index contributed by atoms with van der Waals surface area (Å²) in [6.45, 7) is -0.436. The molecule has 0 saturated carbocycles. The van der Waals surface area contributed by atoms with Crippen molar-refractivity contribution in [3.05, 3.63) is 0 Å². The van der Waals surface area contributed by atoms with Gasteiger partial charge in [0.25, 0.3) is 0 Å². The van der Waals surface area contributed by atoms with Gasteiger partial charge in [0, 0.05) is 6.42 Å². The topological polar surface area (TPSA) is 107 Å². The van der Waals surface area contributed by atoms with Crippen LogP contribution in [0.5, 0.6) is 0 Å². The molecule has 1 aliphatic rings. The fourth-order valence-corrected chi connectivity index (χ4v) is 1.52. The summed E-state index contributed by atoms with van der Waals surface area (Å²) < 4.78 is 5.09. The number of carboxylic acids is 1. The number of carboxylic acid groups (broad SMARTS) is 1. The highest BCUT2D eigenvalue weighted by Gasteiger charge is 2.36. The molecule has 0 aromatic heterocycles. The van der Waals surface area contributed by atoms with E-state index in [1.165, 1.54) is 0 Å². The van der Waals surface area contributed by atoms with Gasteiger partial charge in [0.05, 0.1) is 25.2 Å². The first-order valence-corrected chi connectivity index (χ1v) is 4.38. The third kappa shape index (κ3) is 2.65.